The predicted molar refractivity (Wildman–Crippen MR) is 82.5 cm³/mol. The van der Waals surface area contributed by atoms with Crippen molar-refractivity contribution < 1.29 is 13.2 Å². The summed E-state index contributed by atoms with van der Waals surface area (Å²) in [4.78, 5) is 2.25. The van der Waals surface area contributed by atoms with E-state index in [0.717, 1.165) is 13.0 Å². The summed E-state index contributed by atoms with van der Waals surface area (Å²) in [5.41, 5.74) is 0.430. The monoisotopic (exact) mass is 348 g/mol. The van der Waals surface area contributed by atoms with Crippen LogP contribution in [0.4, 0.5) is 0 Å². The molecule has 0 aromatic carbocycles. The second-order valence-electron chi connectivity index (χ2n) is 5.97. The van der Waals surface area contributed by atoms with Gasteiger partial charge < -0.3 is 9.64 Å². The Balaban J connectivity index is 2.00. The second-order valence-corrected chi connectivity index (χ2v) is 8.16. The summed E-state index contributed by atoms with van der Waals surface area (Å²) in [6.45, 7) is 4.02. The smallest absolute Gasteiger partial charge is 0.248 e. The molecule has 3 rings (SSSR count). The Morgan fingerprint density at radius 2 is 2.05 bits per heavy atom. The van der Waals surface area contributed by atoms with Crippen molar-refractivity contribution >= 4 is 21.6 Å². The molecule has 0 bridgehead atoms. The molecule has 2 atom stereocenters. The average Bonchev–Trinajstić information content (AvgIpc) is 2.71. The first-order valence-corrected chi connectivity index (χ1v) is 9.15. The standard InChI is InChI=1S/C13H21ClN4O3S/c1-9-12(13(14)17(3)15-9)22(19,20)18-6-7-21-11-4-5-16(2)8-10(11)18/h10-11H,4-8H2,1-3H3/t10-,11+/m0/s1. The number of hydrogen-bond donors (Lipinski definition) is 0. The molecule has 0 saturated carbocycles. The van der Waals surface area contributed by atoms with Crippen molar-refractivity contribution in [1.82, 2.24) is 19.0 Å². The number of halogens is 1. The molecule has 2 saturated heterocycles. The maximum atomic E-state index is 13.1. The summed E-state index contributed by atoms with van der Waals surface area (Å²) in [7, 11) is -0.0433. The summed E-state index contributed by atoms with van der Waals surface area (Å²) in [6, 6.07) is -0.173. The van der Waals surface area contributed by atoms with E-state index >= 15 is 0 Å². The first-order chi connectivity index (χ1) is 10.3. The number of rotatable bonds is 2. The Morgan fingerprint density at radius 3 is 2.68 bits per heavy atom. The van der Waals surface area contributed by atoms with Gasteiger partial charge in [0, 0.05) is 26.7 Å². The van der Waals surface area contributed by atoms with Crippen LogP contribution in [0.3, 0.4) is 0 Å². The lowest BCUT2D eigenvalue weighted by molar-refractivity contribution is -0.0719. The van der Waals surface area contributed by atoms with Gasteiger partial charge in [-0.25, -0.2) is 8.42 Å². The van der Waals surface area contributed by atoms with Crippen LogP contribution in [0.15, 0.2) is 4.90 Å². The topological polar surface area (TPSA) is 67.7 Å². The number of piperidine rings is 1. The summed E-state index contributed by atoms with van der Waals surface area (Å²) in [5, 5.41) is 4.29. The van der Waals surface area contributed by atoms with Crippen LogP contribution in [0.25, 0.3) is 0 Å². The maximum absolute atomic E-state index is 13.1. The zero-order valence-corrected chi connectivity index (χ0v) is 14.6. The molecular formula is C13H21ClN4O3S. The molecule has 0 unspecified atom stereocenters. The number of aromatic nitrogens is 2. The Hall–Kier alpha value is -0.670. The molecule has 22 heavy (non-hydrogen) atoms. The lowest BCUT2D eigenvalue weighted by Gasteiger charge is -2.45. The molecule has 0 radical (unpaired) electrons. The molecule has 2 aliphatic heterocycles. The van der Waals surface area contributed by atoms with E-state index in [1.54, 1.807) is 18.3 Å². The number of morpholine rings is 1. The van der Waals surface area contributed by atoms with Crippen molar-refractivity contribution in [1.29, 1.82) is 0 Å². The number of likely N-dealkylation sites (tertiary alicyclic amines) is 1. The third-order valence-corrected chi connectivity index (χ3v) is 7.02. The molecule has 2 fully saturated rings. The molecule has 1 aromatic rings. The minimum Gasteiger partial charge on any atom is -0.375 e. The van der Waals surface area contributed by atoms with Crippen LogP contribution < -0.4 is 0 Å². The van der Waals surface area contributed by atoms with Crippen molar-refractivity contribution in [3.63, 3.8) is 0 Å². The molecule has 124 valence electrons. The van der Waals surface area contributed by atoms with E-state index in [0.29, 0.717) is 25.4 Å². The third-order valence-electron chi connectivity index (χ3n) is 4.40. The molecule has 3 heterocycles. The van der Waals surface area contributed by atoms with Gasteiger partial charge in [-0.05, 0) is 20.4 Å². The molecule has 0 amide bonds. The second kappa shape index (κ2) is 5.76. The van der Waals surface area contributed by atoms with Gasteiger partial charge in [0.15, 0.2) is 0 Å². The average molecular weight is 349 g/mol. The summed E-state index contributed by atoms with van der Waals surface area (Å²) >= 11 is 6.17. The Morgan fingerprint density at radius 1 is 1.32 bits per heavy atom. The van der Waals surface area contributed by atoms with Crippen molar-refractivity contribution in [3.8, 4) is 0 Å². The van der Waals surface area contributed by atoms with Crippen LogP contribution >= 0.6 is 11.6 Å². The van der Waals surface area contributed by atoms with Crippen molar-refractivity contribution in [2.24, 2.45) is 7.05 Å². The minimum absolute atomic E-state index is 0.0459. The number of aryl methyl sites for hydroxylation is 2. The molecule has 0 spiro atoms. The number of ether oxygens (including phenoxy) is 1. The molecule has 7 nitrogen and oxygen atoms in total. The van der Waals surface area contributed by atoms with Crippen LogP contribution in [0.5, 0.6) is 0 Å². The number of nitrogens with zero attached hydrogens (tertiary/aromatic N) is 4. The van der Waals surface area contributed by atoms with Gasteiger partial charge in [-0.2, -0.15) is 9.40 Å². The van der Waals surface area contributed by atoms with Gasteiger partial charge >= 0.3 is 0 Å². The lowest BCUT2D eigenvalue weighted by Crippen LogP contribution is -2.60. The lowest BCUT2D eigenvalue weighted by atomic mass is 10.0. The highest BCUT2D eigenvalue weighted by atomic mass is 35.5. The van der Waals surface area contributed by atoms with Gasteiger partial charge in [0.25, 0.3) is 0 Å². The maximum Gasteiger partial charge on any atom is 0.248 e. The van der Waals surface area contributed by atoms with E-state index in [9.17, 15) is 8.42 Å². The number of hydrogen-bond acceptors (Lipinski definition) is 5. The van der Waals surface area contributed by atoms with E-state index in [1.807, 2.05) is 7.05 Å². The molecule has 0 N–H and O–H groups in total. The van der Waals surface area contributed by atoms with Crippen LogP contribution in [-0.2, 0) is 21.8 Å². The van der Waals surface area contributed by atoms with Gasteiger partial charge in [0.2, 0.25) is 10.0 Å². The fourth-order valence-corrected chi connectivity index (χ4v) is 5.65. The van der Waals surface area contributed by atoms with Gasteiger partial charge in [0.05, 0.1) is 24.4 Å². The van der Waals surface area contributed by atoms with E-state index in [1.165, 1.54) is 4.68 Å². The largest absolute Gasteiger partial charge is 0.375 e. The van der Waals surface area contributed by atoms with Gasteiger partial charge in [-0.15, -0.1) is 0 Å². The van der Waals surface area contributed by atoms with E-state index in [4.69, 9.17) is 16.3 Å². The van der Waals surface area contributed by atoms with Crippen LogP contribution in [-0.4, -0.2) is 72.8 Å². The van der Waals surface area contributed by atoms with E-state index < -0.39 is 10.0 Å². The number of likely N-dealkylation sites (N-methyl/N-ethyl adjacent to an activating group) is 1. The fraction of sp³-hybridized carbons (Fsp3) is 0.769. The SMILES string of the molecule is Cc1nn(C)c(Cl)c1S(=O)(=O)N1CCO[C@@H]2CCN(C)C[C@@H]21. The van der Waals surface area contributed by atoms with Gasteiger partial charge in [-0.1, -0.05) is 11.6 Å². The minimum atomic E-state index is -3.68. The summed E-state index contributed by atoms with van der Waals surface area (Å²) in [5.74, 6) is 0. The van der Waals surface area contributed by atoms with Gasteiger partial charge in [0.1, 0.15) is 10.0 Å². The summed E-state index contributed by atoms with van der Waals surface area (Å²) < 4.78 is 35.0. The van der Waals surface area contributed by atoms with Crippen LogP contribution in [0, 0.1) is 6.92 Å². The predicted octanol–water partition coefficient (Wildman–Crippen LogP) is 0.476. The zero-order chi connectivity index (χ0) is 16.1. The molecule has 1 aromatic heterocycles. The highest BCUT2D eigenvalue weighted by molar-refractivity contribution is 7.89. The van der Waals surface area contributed by atoms with Crippen molar-refractivity contribution in [2.45, 2.75) is 30.4 Å². The number of fused-ring (bicyclic) bond motifs is 1. The van der Waals surface area contributed by atoms with E-state index in [-0.39, 0.29) is 22.2 Å². The molecular weight excluding hydrogens is 328 g/mol. The van der Waals surface area contributed by atoms with Crippen LogP contribution in [0.1, 0.15) is 12.1 Å². The third kappa shape index (κ3) is 2.56. The Labute approximate surface area is 135 Å². The van der Waals surface area contributed by atoms with Crippen molar-refractivity contribution in [2.75, 3.05) is 33.3 Å². The quantitative estimate of drug-likeness (QED) is 0.777. The van der Waals surface area contributed by atoms with E-state index in [2.05, 4.69) is 10.00 Å². The molecule has 9 heteroatoms. The summed E-state index contributed by atoms with van der Waals surface area (Å²) in [6.07, 6.45) is 0.794. The number of sulfonamides is 1. The molecule has 0 aliphatic carbocycles. The first kappa shape index (κ1) is 16.2. The van der Waals surface area contributed by atoms with Crippen LogP contribution in [0.2, 0.25) is 5.15 Å². The Bertz CT molecular complexity index is 675. The van der Waals surface area contributed by atoms with Crippen molar-refractivity contribution in [3.05, 3.63) is 10.8 Å². The molecule has 2 aliphatic rings. The highest BCUT2D eigenvalue weighted by Gasteiger charge is 2.44. The zero-order valence-electron chi connectivity index (χ0n) is 13.0. The first-order valence-electron chi connectivity index (χ1n) is 7.33. The fourth-order valence-electron chi connectivity index (χ4n) is 3.32. The Kier molecular flexibility index (Phi) is 4.24. The normalized spacial score (nSPS) is 27.8. The van der Waals surface area contributed by atoms with Gasteiger partial charge in [-0.3, -0.25) is 4.68 Å². The highest BCUT2D eigenvalue weighted by Crippen LogP contribution is 2.32.